The van der Waals surface area contributed by atoms with Crippen LogP contribution >= 0.6 is 0 Å². The van der Waals surface area contributed by atoms with Gasteiger partial charge in [0.1, 0.15) is 0 Å². The van der Waals surface area contributed by atoms with E-state index in [4.69, 9.17) is 0 Å². The zero-order valence-corrected chi connectivity index (χ0v) is 15.3. The van der Waals surface area contributed by atoms with Crippen LogP contribution in [0.5, 0.6) is 0 Å². The molecule has 2 rings (SSSR count). The first kappa shape index (κ1) is 18.5. The average Bonchev–Trinajstić information content (AvgIpc) is 2.61. The summed E-state index contributed by atoms with van der Waals surface area (Å²) in [7, 11) is 0. The van der Waals surface area contributed by atoms with Crippen molar-refractivity contribution in [3.05, 3.63) is 64.2 Å². The van der Waals surface area contributed by atoms with Gasteiger partial charge in [-0.1, -0.05) is 30.9 Å². The van der Waals surface area contributed by atoms with E-state index >= 15 is 0 Å². The zero-order valence-electron chi connectivity index (χ0n) is 15.3. The van der Waals surface area contributed by atoms with Crippen molar-refractivity contribution < 1.29 is 4.79 Å². The summed E-state index contributed by atoms with van der Waals surface area (Å²) in [6.45, 7) is 8.62. The average molecular weight is 332 g/mol. The zero-order chi connectivity index (χ0) is 18.2. The maximum absolute atomic E-state index is 12.0. The predicted molar refractivity (Wildman–Crippen MR) is 105 cm³/mol. The van der Waals surface area contributed by atoms with Gasteiger partial charge < -0.3 is 5.32 Å². The third-order valence-electron chi connectivity index (χ3n) is 3.80. The molecule has 128 valence electrons. The topological polar surface area (TPSA) is 41.5 Å². The lowest BCUT2D eigenvalue weighted by Gasteiger charge is -2.05. The van der Waals surface area contributed by atoms with Crippen molar-refractivity contribution in [1.82, 2.24) is 5.32 Å². The van der Waals surface area contributed by atoms with Crippen molar-refractivity contribution in [3.8, 4) is 11.8 Å². The van der Waals surface area contributed by atoms with E-state index in [1.807, 2.05) is 63.4 Å². The highest BCUT2D eigenvalue weighted by molar-refractivity contribution is 5.94. The molecule has 2 aromatic carbocycles. The van der Waals surface area contributed by atoms with Crippen molar-refractivity contribution in [2.45, 2.75) is 34.1 Å². The lowest BCUT2D eigenvalue weighted by Crippen LogP contribution is -2.22. The molecule has 0 heterocycles. The fourth-order valence-electron chi connectivity index (χ4n) is 2.32. The van der Waals surface area contributed by atoms with Crippen LogP contribution in [0.2, 0.25) is 0 Å². The third kappa shape index (κ3) is 5.06. The van der Waals surface area contributed by atoms with Crippen LogP contribution in [0.1, 0.15) is 52.9 Å². The van der Waals surface area contributed by atoms with Gasteiger partial charge in [-0.25, -0.2) is 0 Å². The summed E-state index contributed by atoms with van der Waals surface area (Å²) in [5, 5.41) is 2.81. The number of hydrogen-bond acceptors (Lipinski definition) is 2. The Morgan fingerprint density at radius 3 is 2.56 bits per heavy atom. The number of carbonyl (C=O) groups is 1. The first-order valence-electron chi connectivity index (χ1n) is 8.59. The Morgan fingerprint density at radius 1 is 1.08 bits per heavy atom. The Bertz CT molecular complexity index is 854. The quantitative estimate of drug-likeness (QED) is 0.647. The van der Waals surface area contributed by atoms with Gasteiger partial charge in [0.05, 0.1) is 5.69 Å². The van der Waals surface area contributed by atoms with Crippen LogP contribution in [0.3, 0.4) is 0 Å². The Balaban J connectivity index is 2.33. The molecule has 0 aliphatic carbocycles. The second kappa shape index (κ2) is 8.84. The summed E-state index contributed by atoms with van der Waals surface area (Å²) in [5.41, 5.74) is 5.54. The molecule has 3 heteroatoms. The maximum atomic E-state index is 12.0. The summed E-state index contributed by atoms with van der Waals surface area (Å²) in [4.78, 5) is 16.5. The van der Waals surface area contributed by atoms with Crippen molar-refractivity contribution in [3.63, 3.8) is 0 Å². The maximum Gasteiger partial charge on any atom is 0.251 e. The number of benzene rings is 2. The number of nitrogens with zero attached hydrogens (tertiary/aromatic N) is 1. The van der Waals surface area contributed by atoms with Crippen molar-refractivity contribution in [2.24, 2.45) is 4.99 Å². The summed E-state index contributed by atoms with van der Waals surface area (Å²) in [6, 6.07) is 11.6. The van der Waals surface area contributed by atoms with Crippen LogP contribution in [-0.4, -0.2) is 18.7 Å². The van der Waals surface area contributed by atoms with Gasteiger partial charge in [-0.3, -0.25) is 9.79 Å². The van der Waals surface area contributed by atoms with Crippen molar-refractivity contribution in [1.29, 1.82) is 0 Å². The number of aryl methyl sites for hydroxylation is 2. The van der Waals surface area contributed by atoms with Crippen LogP contribution in [-0.2, 0) is 0 Å². The van der Waals surface area contributed by atoms with E-state index in [9.17, 15) is 4.79 Å². The van der Waals surface area contributed by atoms with Crippen LogP contribution < -0.4 is 5.32 Å². The fourth-order valence-corrected chi connectivity index (χ4v) is 2.32. The Labute approximate surface area is 150 Å². The smallest absolute Gasteiger partial charge is 0.251 e. The number of hydrogen-bond donors (Lipinski definition) is 1. The highest BCUT2D eigenvalue weighted by Crippen LogP contribution is 2.19. The minimum absolute atomic E-state index is 0.0722. The monoisotopic (exact) mass is 332 g/mol. The Hall–Kier alpha value is -2.86. The molecule has 0 radical (unpaired) electrons. The van der Waals surface area contributed by atoms with Gasteiger partial charge in [0.2, 0.25) is 0 Å². The van der Waals surface area contributed by atoms with Crippen LogP contribution in [0, 0.1) is 25.7 Å². The molecule has 0 fully saturated rings. The molecule has 2 aromatic rings. The number of nitrogens with one attached hydrogen (secondary N) is 1. The summed E-state index contributed by atoms with van der Waals surface area (Å²) >= 11 is 0. The summed E-state index contributed by atoms with van der Waals surface area (Å²) in [6.07, 6.45) is 2.81. The highest BCUT2D eigenvalue weighted by atomic mass is 16.1. The van der Waals surface area contributed by atoms with E-state index in [1.54, 1.807) is 0 Å². The van der Waals surface area contributed by atoms with Crippen molar-refractivity contribution in [2.75, 3.05) is 6.54 Å². The normalized spacial score (nSPS) is 10.4. The predicted octanol–water partition coefficient (Wildman–Crippen LogP) is 4.57. The number of amides is 1. The van der Waals surface area contributed by atoms with Gasteiger partial charge in [0.25, 0.3) is 5.91 Å². The van der Waals surface area contributed by atoms with E-state index in [0.717, 1.165) is 34.4 Å². The van der Waals surface area contributed by atoms with E-state index < -0.39 is 0 Å². The Morgan fingerprint density at radius 2 is 1.84 bits per heavy atom. The lowest BCUT2D eigenvalue weighted by atomic mass is 10.0. The van der Waals surface area contributed by atoms with E-state index in [0.29, 0.717) is 12.1 Å². The summed E-state index contributed by atoms with van der Waals surface area (Å²) in [5.74, 6) is 6.30. The van der Waals surface area contributed by atoms with E-state index in [1.165, 1.54) is 0 Å². The minimum Gasteiger partial charge on any atom is -0.352 e. The molecule has 1 amide bonds. The molecule has 0 unspecified atom stereocenters. The fraction of sp³-hybridized carbons (Fsp3) is 0.273. The Kier molecular flexibility index (Phi) is 6.54. The molecular weight excluding hydrogens is 308 g/mol. The van der Waals surface area contributed by atoms with E-state index in [-0.39, 0.29) is 5.91 Å². The second-order valence-corrected chi connectivity index (χ2v) is 5.86. The first-order valence-corrected chi connectivity index (χ1v) is 8.59. The highest BCUT2D eigenvalue weighted by Gasteiger charge is 2.06. The van der Waals surface area contributed by atoms with Gasteiger partial charge in [-0.15, -0.1) is 0 Å². The molecule has 0 bridgehead atoms. The molecule has 0 aliphatic rings. The van der Waals surface area contributed by atoms with Crippen LogP contribution in [0.4, 0.5) is 5.69 Å². The molecule has 0 atom stereocenters. The molecule has 0 aliphatic heterocycles. The third-order valence-corrected chi connectivity index (χ3v) is 3.80. The van der Waals surface area contributed by atoms with Crippen LogP contribution in [0.15, 0.2) is 41.4 Å². The standard InChI is InChI=1S/C22H24N2O/c1-5-13-24-21-14-18(9-7-17(21)4)10-12-19-15-20(11-8-16(19)3)22(25)23-6-2/h7-9,11,13-15H,5-6H2,1-4H3,(H,23,25). The number of carbonyl (C=O) groups excluding carboxylic acids is 1. The molecular formula is C22H24N2O. The molecule has 0 saturated heterocycles. The molecule has 25 heavy (non-hydrogen) atoms. The lowest BCUT2D eigenvalue weighted by molar-refractivity contribution is 0.0956. The molecule has 0 spiro atoms. The number of rotatable bonds is 4. The van der Waals surface area contributed by atoms with E-state index in [2.05, 4.69) is 29.1 Å². The van der Waals surface area contributed by atoms with Crippen LogP contribution in [0.25, 0.3) is 0 Å². The molecule has 1 N–H and O–H groups in total. The van der Waals surface area contributed by atoms with Crippen molar-refractivity contribution >= 4 is 17.8 Å². The first-order chi connectivity index (χ1) is 12.0. The minimum atomic E-state index is -0.0722. The second-order valence-electron chi connectivity index (χ2n) is 5.86. The van der Waals surface area contributed by atoms with Gasteiger partial charge in [0.15, 0.2) is 0 Å². The summed E-state index contributed by atoms with van der Waals surface area (Å²) < 4.78 is 0. The largest absolute Gasteiger partial charge is 0.352 e. The van der Waals surface area contributed by atoms with Gasteiger partial charge in [0, 0.05) is 29.4 Å². The van der Waals surface area contributed by atoms with Gasteiger partial charge in [-0.05, 0) is 62.6 Å². The van der Waals surface area contributed by atoms with Gasteiger partial charge in [-0.2, -0.15) is 0 Å². The molecule has 0 aromatic heterocycles. The SMILES string of the molecule is CCC=Nc1cc(C#Cc2cc(C(=O)NCC)ccc2C)ccc1C. The van der Waals surface area contributed by atoms with Gasteiger partial charge >= 0.3 is 0 Å². The number of aliphatic imine (C=N–C) groups is 1. The molecule has 0 saturated carbocycles. The molecule has 3 nitrogen and oxygen atoms in total.